The van der Waals surface area contributed by atoms with Gasteiger partial charge < -0.3 is 10.1 Å². The van der Waals surface area contributed by atoms with Gasteiger partial charge in [0.1, 0.15) is 0 Å². The molecule has 0 bridgehead atoms. The lowest BCUT2D eigenvalue weighted by Gasteiger charge is -2.23. The second-order valence-electron chi connectivity index (χ2n) is 3.99. The summed E-state index contributed by atoms with van der Waals surface area (Å²) in [6.45, 7) is 3.86. The molecule has 1 aliphatic heterocycles. The highest BCUT2D eigenvalue weighted by Gasteiger charge is 2.11. The summed E-state index contributed by atoms with van der Waals surface area (Å²) in [4.78, 5) is 0. The van der Waals surface area contributed by atoms with Gasteiger partial charge in [0.2, 0.25) is 0 Å². The molecule has 0 radical (unpaired) electrons. The predicted octanol–water partition coefficient (Wildman–Crippen LogP) is 1.04. The molecule has 1 atom stereocenters. The Labute approximate surface area is 90.6 Å². The maximum absolute atomic E-state index is 5.40. The number of nitrogens with one attached hydrogen (secondary N) is 1. The zero-order valence-electron chi connectivity index (χ0n) is 9.06. The van der Waals surface area contributed by atoms with E-state index in [0.717, 1.165) is 32.7 Å². The second kappa shape index (κ2) is 5.88. The average molecular weight is 209 g/mol. The molecule has 1 aliphatic rings. The summed E-state index contributed by atoms with van der Waals surface area (Å²) in [5.41, 5.74) is 0. The van der Waals surface area contributed by atoms with E-state index in [1.807, 2.05) is 23.1 Å². The Morgan fingerprint density at radius 1 is 1.53 bits per heavy atom. The van der Waals surface area contributed by atoms with Crippen LogP contribution in [0.15, 0.2) is 18.5 Å². The predicted molar refractivity (Wildman–Crippen MR) is 58.7 cm³/mol. The average Bonchev–Trinajstić information content (AvgIpc) is 2.79. The summed E-state index contributed by atoms with van der Waals surface area (Å²) in [6.07, 6.45) is 7.39. The second-order valence-corrected chi connectivity index (χ2v) is 3.99. The van der Waals surface area contributed by atoms with Crippen LogP contribution in [-0.2, 0) is 11.3 Å². The molecule has 1 fully saturated rings. The van der Waals surface area contributed by atoms with Crippen molar-refractivity contribution in [3.05, 3.63) is 18.5 Å². The first-order valence-electron chi connectivity index (χ1n) is 5.74. The third-order valence-electron chi connectivity index (χ3n) is 2.72. The molecule has 2 rings (SSSR count). The Morgan fingerprint density at radius 2 is 2.53 bits per heavy atom. The quantitative estimate of drug-likeness (QED) is 0.736. The number of rotatable bonds is 5. The van der Waals surface area contributed by atoms with Gasteiger partial charge in [-0.3, -0.25) is 4.68 Å². The molecule has 1 N–H and O–H groups in total. The van der Waals surface area contributed by atoms with E-state index < -0.39 is 0 Å². The number of hydrogen-bond donors (Lipinski definition) is 1. The summed E-state index contributed by atoms with van der Waals surface area (Å²) < 4.78 is 7.38. The standard InChI is InChI=1S/C11H19N3O/c1-4-11(10-15-9-1)12-5-2-7-14-8-3-6-13-14/h3,6,8,11-12H,1-2,4-5,7,9-10H2. The molecule has 2 heterocycles. The van der Waals surface area contributed by atoms with Crippen LogP contribution < -0.4 is 5.32 Å². The van der Waals surface area contributed by atoms with Crippen LogP contribution >= 0.6 is 0 Å². The van der Waals surface area contributed by atoms with Gasteiger partial charge in [-0.05, 0) is 31.9 Å². The first-order chi connectivity index (χ1) is 7.45. The van der Waals surface area contributed by atoms with Gasteiger partial charge in [0.05, 0.1) is 6.61 Å². The maximum Gasteiger partial charge on any atom is 0.0619 e. The number of ether oxygens (including phenoxy) is 1. The molecule has 4 heteroatoms. The fourth-order valence-corrected chi connectivity index (χ4v) is 1.88. The number of nitrogens with zero attached hydrogens (tertiary/aromatic N) is 2. The Bertz CT molecular complexity index is 255. The lowest BCUT2D eigenvalue weighted by atomic mass is 10.1. The van der Waals surface area contributed by atoms with E-state index in [0.29, 0.717) is 6.04 Å². The van der Waals surface area contributed by atoms with Crippen molar-refractivity contribution in [3.8, 4) is 0 Å². The van der Waals surface area contributed by atoms with Crippen molar-refractivity contribution in [1.82, 2.24) is 15.1 Å². The van der Waals surface area contributed by atoms with Crippen molar-refractivity contribution >= 4 is 0 Å². The minimum atomic E-state index is 0.566. The van der Waals surface area contributed by atoms with Gasteiger partial charge in [-0.1, -0.05) is 0 Å². The van der Waals surface area contributed by atoms with Crippen LogP contribution in [-0.4, -0.2) is 35.6 Å². The van der Waals surface area contributed by atoms with Crippen LogP contribution in [0.4, 0.5) is 0 Å². The fraction of sp³-hybridized carbons (Fsp3) is 0.727. The minimum absolute atomic E-state index is 0.566. The fourth-order valence-electron chi connectivity index (χ4n) is 1.88. The van der Waals surface area contributed by atoms with Crippen LogP contribution in [0.5, 0.6) is 0 Å². The Balaban J connectivity index is 1.54. The molecule has 1 saturated heterocycles. The van der Waals surface area contributed by atoms with E-state index in [2.05, 4.69) is 10.4 Å². The molecule has 0 saturated carbocycles. The highest BCUT2D eigenvalue weighted by molar-refractivity contribution is 4.77. The first-order valence-corrected chi connectivity index (χ1v) is 5.74. The summed E-state index contributed by atoms with van der Waals surface area (Å²) in [6, 6.07) is 2.53. The summed E-state index contributed by atoms with van der Waals surface area (Å²) in [5.74, 6) is 0. The van der Waals surface area contributed by atoms with E-state index in [9.17, 15) is 0 Å². The molecule has 0 amide bonds. The summed E-state index contributed by atoms with van der Waals surface area (Å²) in [7, 11) is 0. The highest BCUT2D eigenvalue weighted by Crippen LogP contribution is 2.05. The molecule has 4 nitrogen and oxygen atoms in total. The van der Waals surface area contributed by atoms with E-state index >= 15 is 0 Å². The Hall–Kier alpha value is -0.870. The van der Waals surface area contributed by atoms with Crippen molar-refractivity contribution in [2.45, 2.75) is 31.8 Å². The molecule has 0 aromatic carbocycles. The zero-order valence-corrected chi connectivity index (χ0v) is 9.06. The zero-order chi connectivity index (χ0) is 10.3. The molecule has 84 valence electrons. The third-order valence-corrected chi connectivity index (χ3v) is 2.72. The van der Waals surface area contributed by atoms with Gasteiger partial charge in [-0.2, -0.15) is 5.10 Å². The molecule has 1 aromatic heterocycles. The smallest absolute Gasteiger partial charge is 0.0619 e. The van der Waals surface area contributed by atoms with Crippen molar-refractivity contribution in [1.29, 1.82) is 0 Å². The molecule has 0 aliphatic carbocycles. The topological polar surface area (TPSA) is 39.1 Å². The van der Waals surface area contributed by atoms with Crippen molar-refractivity contribution in [2.75, 3.05) is 19.8 Å². The highest BCUT2D eigenvalue weighted by atomic mass is 16.5. The van der Waals surface area contributed by atoms with E-state index in [1.165, 1.54) is 12.8 Å². The lowest BCUT2D eigenvalue weighted by molar-refractivity contribution is 0.0704. The molecule has 1 aromatic rings. The van der Waals surface area contributed by atoms with Crippen LogP contribution in [0, 0.1) is 0 Å². The van der Waals surface area contributed by atoms with Gasteiger partial charge in [0.25, 0.3) is 0 Å². The molecular weight excluding hydrogens is 190 g/mol. The van der Waals surface area contributed by atoms with Crippen LogP contribution in [0.1, 0.15) is 19.3 Å². The third kappa shape index (κ3) is 3.64. The monoisotopic (exact) mass is 209 g/mol. The minimum Gasteiger partial charge on any atom is -0.380 e. The largest absolute Gasteiger partial charge is 0.380 e. The van der Waals surface area contributed by atoms with Gasteiger partial charge >= 0.3 is 0 Å². The Kier molecular flexibility index (Phi) is 4.17. The van der Waals surface area contributed by atoms with E-state index in [-0.39, 0.29) is 0 Å². The molecule has 1 unspecified atom stereocenters. The first kappa shape index (κ1) is 10.6. The molecular formula is C11H19N3O. The maximum atomic E-state index is 5.40. The van der Waals surface area contributed by atoms with Crippen molar-refractivity contribution < 1.29 is 4.74 Å². The normalized spacial score (nSPS) is 21.7. The van der Waals surface area contributed by atoms with Gasteiger partial charge in [0.15, 0.2) is 0 Å². The SMILES string of the molecule is c1cnn(CCCNC2CCCOC2)c1. The number of hydrogen-bond acceptors (Lipinski definition) is 3. The van der Waals surface area contributed by atoms with Crippen molar-refractivity contribution in [3.63, 3.8) is 0 Å². The van der Waals surface area contributed by atoms with Crippen LogP contribution in [0.25, 0.3) is 0 Å². The Morgan fingerprint density at radius 3 is 3.27 bits per heavy atom. The van der Waals surface area contributed by atoms with Crippen LogP contribution in [0.3, 0.4) is 0 Å². The van der Waals surface area contributed by atoms with Gasteiger partial charge in [0, 0.05) is 31.6 Å². The van der Waals surface area contributed by atoms with Crippen molar-refractivity contribution in [2.24, 2.45) is 0 Å². The lowest BCUT2D eigenvalue weighted by Crippen LogP contribution is -2.37. The molecule has 15 heavy (non-hydrogen) atoms. The van der Waals surface area contributed by atoms with E-state index in [1.54, 1.807) is 0 Å². The molecule has 0 spiro atoms. The van der Waals surface area contributed by atoms with E-state index in [4.69, 9.17) is 4.74 Å². The summed E-state index contributed by atoms with van der Waals surface area (Å²) in [5, 5.41) is 7.68. The summed E-state index contributed by atoms with van der Waals surface area (Å²) >= 11 is 0. The van der Waals surface area contributed by atoms with Gasteiger partial charge in [-0.15, -0.1) is 0 Å². The number of aromatic nitrogens is 2. The van der Waals surface area contributed by atoms with Crippen LogP contribution in [0.2, 0.25) is 0 Å². The van der Waals surface area contributed by atoms with Gasteiger partial charge in [-0.25, -0.2) is 0 Å². The number of aryl methyl sites for hydroxylation is 1.